The minimum absolute atomic E-state index is 0.169. The van der Waals surface area contributed by atoms with Crippen molar-refractivity contribution in [3.63, 3.8) is 0 Å². The van der Waals surface area contributed by atoms with Gasteiger partial charge in [-0.25, -0.2) is 4.39 Å². The number of aliphatic hydroxyl groups excluding tert-OH is 1. The molecule has 2 heterocycles. The van der Waals surface area contributed by atoms with E-state index >= 15 is 0 Å². The molecule has 1 aromatic heterocycles. The van der Waals surface area contributed by atoms with Gasteiger partial charge in [0.05, 0.1) is 47.0 Å². The second-order valence-electron chi connectivity index (χ2n) is 9.60. The van der Waals surface area contributed by atoms with E-state index in [-0.39, 0.29) is 6.61 Å². The van der Waals surface area contributed by atoms with Gasteiger partial charge in [0, 0.05) is 29.5 Å². The molecule has 3 aromatic rings. The van der Waals surface area contributed by atoms with Crippen molar-refractivity contribution in [2.24, 2.45) is 0 Å². The fraction of sp³-hybridized carbons (Fsp3) is 0.308. The fourth-order valence-corrected chi connectivity index (χ4v) is 4.26. The Morgan fingerprint density at radius 3 is 2.78 bits per heavy atom. The maximum absolute atomic E-state index is 13.8. The molecule has 1 aliphatic heterocycles. The highest BCUT2D eigenvalue weighted by Crippen LogP contribution is 2.37. The van der Waals surface area contributed by atoms with E-state index in [0.29, 0.717) is 50.2 Å². The van der Waals surface area contributed by atoms with Crippen molar-refractivity contribution in [3.05, 3.63) is 76.5 Å². The number of nitrogens with one attached hydrogen (secondary N) is 4. The maximum atomic E-state index is 13.8. The number of hydrazine groups is 2. The number of pyridine rings is 1. The van der Waals surface area contributed by atoms with Crippen LogP contribution in [0.3, 0.4) is 0 Å². The van der Waals surface area contributed by atoms with Crippen LogP contribution in [0, 0.1) is 17.1 Å². The molecule has 8 nitrogen and oxygen atoms in total. The van der Waals surface area contributed by atoms with Crippen LogP contribution in [0.1, 0.15) is 45.2 Å². The normalized spacial score (nSPS) is 17.6. The summed E-state index contributed by atoms with van der Waals surface area (Å²) >= 11 is 6.64. The molecule has 1 fully saturated rings. The van der Waals surface area contributed by atoms with Gasteiger partial charge in [0.25, 0.3) is 0 Å². The summed E-state index contributed by atoms with van der Waals surface area (Å²) in [4.78, 5) is 4.37. The number of nitrogens with zero attached hydrogens (tertiary/aromatic N) is 3. The maximum Gasteiger partial charge on any atom is 0.123 e. The number of hydrogen-bond donors (Lipinski definition) is 5. The third-order valence-corrected chi connectivity index (χ3v) is 6.39. The van der Waals surface area contributed by atoms with Crippen LogP contribution >= 0.6 is 11.6 Å². The first-order valence-electron chi connectivity index (χ1n) is 12.1. The van der Waals surface area contributed by atoms with Gasteiger partial charge in [-0.15, -0.1) is 5.53 Å². The monoisotopic (exact) mass is 508 g/mol. The number of rotatable bonds is 8. The summed E-state index contributed by atoms with van der Waals surface area (Å²) in [5, 5.41) is 28.9. The second kappa shape index (κ2) is 9.47. The Labute approximate surface area is 215 Å². The molecule has 5 rings (SSSR count). The van der Waals surface area contributed by atoms with Crippen LogP contribution in [0.5, 0.6) is 0 Å². The molecule has 0 saturated heterocycles. The molecule has 0 radical (unpaired) electrons. The lowest BCUT2D eigenvalue weighted by atomic mass is 10.0. The van der Waals surface area contributed by atoms with Crippen LogP contribution in [0.15, 0.2) is 54.5 Å². The van der Waals surface area contributed by atoms with Gasteiger partial charge in [-0.05, 0) is 56.5 Å². The van der Waals surface area contributed by atoms with Crippen molar-refractivity contribution in [2.45, 2.75) is 44.3 Å². The largest absolute Gasteiger partial charge is 0.394 e. The van der Waals surface area contributed by atoms with Gasteiger partial charge < -0.3 is 21.2 Å². The van der Waals surface area contributed by atoms with Gasteiger partial charge in [0.15, 0.2) is 0 Å². The van der Waals surface area contributed by atoms with E-state index in [0.717, 1.165) is 12.8 Å². The molecule has 36 heavy (non-hydrogen) atoms. The first kappa shape index (κ1) is 22.9. The molecule has 1 atom stereocenters. The van der Waals surface area contributed by atoms with E-state index in [9.17, 15) is 16.1 Å². The van der Waals surface area contributed by atoms with Crippen molar-refractivity contribution < 1.29 is 10.9 Å². The Balaban J connectivity index is 1.62. The number of fused-ring (bicyclic) bond motifs is 1. The molecule has 1 unspecified atom stereocenters. The molecule has 0 bridgehead atoms. The topological polar surface area (TPSA) is 108 Å². The smallest absolute Gasteiger partial charge is 0.123 e. The van der Waals surface area contributed by atoms with Crippen molar-refractivity contribution >= 4 is 33.9 Å². The lowest BCUT2D eigenvalue weighted by Gasteiger charge is -2.27. The van der Waals surface area contributed by atoms with Crippen LogP contribution in [0.4, 0.5) is 15.8 Å². The number of aromatic nitrogens is 1. The van der Waals surface area contributed by atoms with Gasteiger partial charge in [0.2, 0.25) is 0 Å². The minimum atomic E-state index is -1.54. The standard InChI is InChI=1S/C26H27ClFN7O/c1-26(2,14-36)32-23-16(11-29)12-30-25-20(23)9-18(10-21(25)27)31-24(15-3-5-17(28)6-4-15)22-13-35(34-33-22)19-7-8-19/h3-6,9-10,12-13,19,24,31,33-34,36H,7-8,14H2,1-2H3,(H,30,32)/i24D. The Morgan fingerprint density at radius 1 is 1.36 bits per heavy atom. The molecule has 2 aromatic carbocycles. The summed E-state index contributed by atoms with van der Waals surface area (Å²) in [7, 11) is 0. The van der Waals surface area contributed by atoms with E-state index in [2.05, 4.69) is 32.6 Å². The summed E-state index contributed by atoms with van der Waals surface area (Å²) in [6.07, 6.45) is 5.40. The van der Waals surface area contributed by atoms with Crippen molar-refractivity contribution in [1.82, 2.24) is 21.0 Å². The predicted octanol–water partition coefficient (Wildman–Crippen LogP) is 4.56. The molecule has 186 valence electrons. The van der Waals surface area contributed by atoms with Crippen LogP contribution in [0.25, 0.3) is 10.9 Å². The van der Waals surface area contributed by atoms with Gasteiger partial charge in [0.1, 0.15) is 11.9 Å². The Bertz CT molecular complexity index is 1420. The number of anilines is 2. The molecule has 1 saturated carbocycles. The minimum Gasteiger partial charge on any atom is -0.394 e. The first-order chi connectivity index (χ1) is 17.6. The van der Waals surface area contributed by atoms with E-state index in [4.69, 9.17) is 11.6 Å². The highest BCUT2D eigenvalue weighted by atomic mass is 35.5. The number of nitriles is 1. The zero-order valence-electron chi connectivity index (χ0n) is 20.9. The van der Waals surface area contributed by atoms with Crippen molar-refractivity contribution in [2.75, 3.05) is 17.2 Å². The summed E-state index contributed by atoms with van der Waals surface area (Å²) < 4.78 is 23.3. The molecular weight excluding hydrogens is 481 g/mol. The SMILES string of the molecule is [2H]C(Nc1cc(Cl)c2ncc(C#N)c(NC(C)(C)CO)c2c1)(C1=CN(C2CC2)NN1)c1ccc(F)cc1. The summed E-state index contributed by atoms with van der Waals surface area (Å²) in [5.74, 6) is -0.400. The number of benzene rings is 2. The quantitative estimate of drug-likeness (QED) is 0.301. The highest BCUT2D eigenvalue weighted by Gasteiger charge is 2.32. The number of aliphatic hydroxyl groups is 1. The first-order valence-corrected chi connectivity index (χ1v) is 12.0. The average Bonchev–Trinajstić information content (AvgIpc) is 3.60. The van der Waals surface area contributed by atoms with Gasteiger partial charge in [-0.3, -0.25) is 9.99 Å². The van der Waals surface area contributed by atoms with Crippen LogP contribution in [0.2, 0.25) is 5.02 Å². The van der Waals surface area contributed by atoms with Crippen LogP contribution in [-0.2, 0) is 0 Å². The summed E-state index contributed by atoms with van der Waals surface area (Å²) in [5.41, 5.74) is 8.22. The van der Waals surface area contributed by atoms with E-state index in [1.54, 1.807) is 24.3 Å². The third kappa shape index (κ3) is 4.88. The zero-order chi connectivity index (χ0) is 26.4. The molecule has 5 N–H and O–H groups in total. The lowest BCUT2D eigenvalue weighted by molar-refractivity contribution is 0.234. The molecule has 1 aliphatic carbocycles. The Hall–Kier alpha value is -3.58. The zero-order valence-corrected chi connectivity index (χ0v) is 20.6. The van der Waals surface area contributed by atoms with E-state index in [1.807, 2.05) is 25.1 Å². The fourth-order valence-electron chi connectivity index (χ4n) is 3.99. The lowest BCUT2D eigenvalue weighted by Crippen LogP contribution is -2.38. The summed E-state index contributed by atoms with van der Waals surface area (Å²) in [6, 6.07) is 10.1. The van der Waals surface area contributed by atoms with Gasteiger partial charge in [-0.2, -0.15) is 5.26 Å². The number of hydrogen-bond acceptors (Lipinski definition) is 8. The van der Waals surface area contributed by atoms with Gasteiger partial charge >= 0.3 is 0 Å². The molecule has 2 aliphatic rings. The Kier molecular flexibility index (Phi) is 6.01. The van der Waals surface area contributed by atoms with Crippen molar-refractivity contribution in [3.8, 4) is 6.07 Å². The molecule has 0 amide bonds. The van der Waals surface area contributed by atoms with Crippen molar-refractivity contribution in [1.29, 1.82) is 5.26 Å². The molecular formula is C26H27ClFN7O. The third-order valence-electron chi connectivity index (χ3n) is 6.10. The second-order valence-corrected chi connectivity index (χ2v) is 10.0. The van der Waals surface area contributed by atoms with E-state index in [1.165, 1.54) is 18.3 Å². The average molecular weight is 509 g/mol. The Morgan fingerprint density at radius 2 is 2.11 bits per heavy atom. The highest BCUT2D eigenvalue weighted by molar-refractivity contribution is 6.35. The van der Waals surface area contributed by atoms with Crippen LogP contribution < -0.4 is 21.6 Å². The number of halogens is 2. The van der Waals surface area contributed by atoms with E-state index < -0.39 is 17.4 Å². The van der Waals surface area contributed by atoms with Gasteiger partial charge in [-0.1, -0.05) is 23.7 Å². The molecule has 10 heteroatoms. The summed E-state index contributed by atoms with van der Waals surface area (Å²) in [6.45, 7) is 3.45. The predicted molar refractivity (Wildman–Crippen MR) is 138 cm³/mol. The van der Waals surface area contributed by atoms with Crippen LogP contribution in [-0.4, -0.2) is 33.3 Å². The molecule has 0 spiro atoms.